The lowest BCUT2D eigenvalue weighted by molar-refractivity contribution is -0.154. The number of carbonyl (C=O) groups is 2. The molecular weight excluding hydrogens is 389 g/mol. The summed E-state index contributed by atoms with van der Waals surface area (Å²) in [5.74, 6) is -1.41. The molecule has 1 aromatic heterocycles. The minimum Gasteiger partial charge on any atom is -0.467 e. The average Bonchev–Trinajstić information content (AvgIpc) is 2.64. The molecule has 6 nitrogen and oxygen atoms in total. The number of alkyl halides is 3. The summed E-state index contributed by atoms with van der Waals surface area (Å²) in [6.07, 6.45) is -3.46. The van der Waals surface area contributed by atoms with Crippen LogP contribution in [0.1, 0.15) is 26.3 Å². The molecule has 0 spiro atoms. The van der Waals surface area contributed by atoms with Gasteiger partial charge >= 0.3 is 12.1 Å². The number of amides is 1. The number of carbonyl (C=O) groups excluding carboxylic acids is 2. The van der Waals surface area contributed by atoms with E-state index in [-0.39, 0.29) is 17.1 Å². The van der Waals surface area contributed by atoms with Crippen LogP contribution in [0.25, 0.3) is 0 Å². The molecule has 1 N–H and O–H groups in total. The van der Waals surface area contributed by atoms with E-state index < -0.39 is 30.5 Å². The highest BCUT2D eigenvalue weighted by molar-refractivity contribution is 6.32. The summed E-state index contributed by atoms with van der Waals surface area (Å²) in [4.78, 5) is 27.1. The van der Waals surface area contributed by atoms with Gasteiger partial charge in [-0.1, -0.05) is 23.7 Å². The first-order valence-electron chi connectivity index (χ1n) is 7.50. The third-order valence-electron chi connectivity index (χ3n) is 3.27. The summed E-state index contributed by atoms with van der Waals surface area (Å²) in [7, 11) is 1.27. The molecule has 0 bridgehead atoms. The quantitative estimate of drug-likeness (QED) is 0.749. The molecule has 0 aliphatic heterocycles. The van der Waals surface area contributed by atoms with E-state index in [9.17, 15) is 22.8 Å². The van der Waals surface area contributed by atoms with Crippen LogP contribution in [0, 0.1) is 0 Å². The molecule has 144 valence electrons. The number of pyridine rings is 1. The molecule has 1 heterocycles. The van der Waals surface area contributed by atoms with Gasteiger partial charge < -0.3 is 14.8 Å². The first kappa shape index (κ1) is 20.5. The van der Waals surface area contributed by atoms with Crippen LogP contribution in [-0.4, -0.2) is 36.8 Å². The molecule has 1 aromatic carbocycles. The van der Waals surface area contributed by atoms with Crippen LogP contribution in [0.5, 0.6) is 5.88 Å². The van der Waals surface area contributed by atoms with Gasteiger partial charge in [0.25, 0.3) is 5.91 Å². The molecule has 0 saturated heterocycles. The highest BCUT2D eigenvalue weighted by atomic mass is 35.5. The Balaban J connectivity index is 1.95. The highest BCUT2D eigenvalue weighted by Crippen LogP contribution is 2.25. The van der Waals surface area contributed by atoms with E-state index in [1.165, 1.54) is 7.11 Å². The van der Waals surface area contributed by atoms with Crippen LogP contribution in [0.4, 0.5) is 13.2 Å². The number of aromatic nitrogens is 1. The first-order valence-corrected chi connectivity index (χ1v) is 7.88. The number of nitrogens with zero attached hydrogens (tertiary/aromatic N) is 1. The number of hydrogen-bond acceptors (Lipinski definition) is 5. The van der Waals surface area contributed by atoms with Crippen LogP contribution < -0.4 is 10.1 Å². The predicted molar refractivity (Wildman–Crippen MR) is 89.7 cm³/mol. The van der Waals surface area contributed by atoms with Crippen molar-refractivity contribution in [1.29, 1.82) is 0 Å². The fourth-order valence-corrected chi connectivity index (χ4v) is 2.19. The van der Waals surface area contributed by atoms with Crippen molar-refractivity contribution in [3.8, 4) is 5.88 Å². The van der Waals surface area contributed by atoms with E-state index in [0.717, 1.165) is 17.8 Å². The van der Waals surface area contributed by atoms with E-state index >= 15 is 0 Å². The summed E-state index contributed by atoms with van der Waals surface area (Å²) >= 11 is 5.80. The third kappa shape index (κ3) is 6.14. The maximum Gasteiger partial charge on any atom is 0.422 e. The molecule has 0 aliphatic carbocycles. The van der Waals surface area contributed by atoms with Crippen molar-refractivity contribution in [2.75, 3.05) is 13.7 Å². The lowest BCUT2D eigenvalue weighted by Crippen LogP contribution is -2.23. The molecular formula is C17H14ClF3N2O4. The summed E-state index contributed by atoms with van der Waals surface area (Å²) in [6.45, 7) is -1.38. The Morgan fingerprint density at radius 3 is 2.41 bits per heavy atom. The van der Waals surface area contributed by atoms with Gasteiger partial charge in [-0.05, 0) is 23.8 Å². The van der Waals surface area contributed by atoms with Gasteiger partial charge in [0.2, 0.25) is 5.88 Å². The molecule has 0 atom stereocenters. The van der Waals surface area contributed by atoms with Gasteiger partial charge in [-0.25, -0.2) is 9.78 Å². The molecule has 27 heavy (non-hydrogen) atoms. The molecule has 1 amide bonds. The van der Waals surface area contributed by atoms with Crippen LogP contribution in [0.15, 0.2) is 36.5 Å². The predicted octanol–water partition coefficient (Wildman–Crippen LogP) is 3.39. The Morgan fingerprint density at radius 2 is 1.85 bits per heavy atom. The zero-order valence-electron chi connectivity index (χ0n) is 14.0. The summed E-state index contributed by atoms with van der Waals surface area (Å²) < 4.78 is 45.5. The van der Waals surface area contributed by atoms with Gasteiger partial charge in [-0.3, -0.25) is 4.79 Å². The maximum absolute atomic E-state index is 12.1. The normalized spacial score (nSPS) is 11.0. The van der Waals surface area contributed by atoms with Gasteiger partial charge in [0.05, 0.1) is 18.2 Å². The molecule has 2 aromatic rings. The first-order chi connectivity index (χ1) is 12.7. The van der Waals surface area contributed by atoms with Gasteiger partial charge in [-0.2, -0.15) is 13.2 Å². The number of esters is 1. The van der Waals surface area contributed by atoms with Gasteiger partial charge in [-0.15, -0.1) is 0 Å². The largest absolute Gasteiger partial charge is 0.467 e. The lowest BCUT2D eigenvalue weighted by Gasteiger charge is -2.10. The minimum absolute atomic E-state index is 0.0607. The average molecular weight is 403 g/mol. The fraction of sp³-hybridized carbons (Fsp3) is 0.235. The van der Waals surface area contributed by atoms with E-state index in [1.54, 1.807) is 24.3 Å². The Morgan fingerprint density at radius 1 is 1.19 bits per heavy atom. The molecule has 2 rings (SSSR count). The zero-order chi connectivity index (χ0) is 20.0. The van der Waals surface area contributed by atoms with Crippen molar-refractivity contribution in [2.24, 2.45) is 0 Å². The van der Waals surface area contributed by atoms with Crippen LogP contribution in [0.3, 0.4) is 0 Å². The minimum atomic E-state index is -4.52. The van der Waals surface area contributed by atoms with E-state index in [0.29, 0.717) is 5.56 Å². The number of ether oxygens (including phenoxy) is 2. The van der Waals surface area contributed by atoms with E-state index in [4.69, 9.17) is 11.6 Å². The van der Waals surface area contributed by atoms with Crippen molar-refractivity contribution in [1.82, 2.24) is 10.3 Å². The molecule has 0 fully saturated rings. The van der Waals surface area contributed by atoms with E-state index in [2.05, 4.69) is 19.8 Å². The summed E-state index contributed by atoms with van der Waals surface area (Å²) in [5.41, 5.74) is 1.16. The number of rotatable bonds is 6. The standard InChI is InChI=1S/C17H14ClF3N2O4/c1-26-16(25)11-4-2-10(3-5-11)7-22-14(24)12-6-13(18)15(23-8-12)27-9-17(19,20)21/h2-6,8H,7,9H2,1H3,(H,22,24). The Hall–Kier alpha value is -2.81. The summed E-state index contributed by atoms with van der Waals surface area (Å²) in [5, 5.41) is 2.39. The van der Waals surface area contributed by atoms with Crippen LogP contribution >= 0.6 is 11.6 Å². The second-order valence-corrected chi connectivity index (χ2v) is 5.69. The molecule has 0 aliphatic rings. The molecule has 0 saturated carbocycles. The summed E-state index contributed by atoms with van der Waals surface area (Å²) in [6, 6.07) is 7.56. The molecule has 0 radical (unpaired) electrons. The highest BCUT2D eigenvalue weighted by Gasteiger charge is 2.29. The Bertz CT molecular complexity index is 826. The van der Waals surface area contributed by atoms with Crippen molar-refractivity contribution in [2.45, 2.75) is 12.7 Å². The van der Waals surface area contributed by atoms with Crippen LogP contribution in [-0.2, 0) is 11.3 Å². The number of nitrogens with one attached hydrogen (secondary N) is 1. The van der Waals surface area contributed by atoms with Crippen molar-refractivity contribution < 1.29 is 32.2 Å². The van der Waals surface area contributed by atoms with Gasteiger partial charge in [0, 0.05) is 12.7 Å². The SMILES string of the molecule is COC(=O)c1ccc(CNC(=O)c2cnc(OCC(F)(F)F)c(Cl)c2)cc1. The third-order valence-corrected chi connectivity index (χ3v) is 3.54. The topological polar surface area (TPSA) is 77.5 Å². The van der Waals surface area contributed by atoms with E-state index in [1.807, 2.05) is 0 Å². The number of halogens is 4. The fourth-order valence-electron chi connectivity index (χ4n) is 1.97. The van der Waals surface area contributed by atoms with Crippen molar-refractivity contribution >= 4 is 23.5 Å². The number of hydrogen-bond donors (Lipinski definition) is 1. The molecule has 10 heteroatoms. The van der Waals surface area contributed by atoms with Crippen molar-refractivity contribution in [3.63, 3.8) is 0 Å². The van der Waals surface area contributed by atoms with Crippen molar-refractivity contribution in [3.05, 3.63) is 58.2 Å². The zero-order valence-corrected chi connectivity index (χ0v) is 14.7. The Labute approximate surface area is 157 Å². The number of methoxy groups -OCH3 is 1. The number of benzene rings is 1. The maximum atomic E-state index is 12.1. The smallest absolute Gasteiger partial charge is 0.422 e. The Kier molecular flexibility index (Phi) is 6.62. The van der Waals surface area contributed by atoms with Gasteiger partial charge in [0.15, 0.2) is 6.61 Å². The lowest BCUT2D eigenvalue weighted by atomic mass is 10.1. The molecule has 0 unspecified atom stereocenters. The second kappa shape index (κ2) is 8.72. The second-order valence-electron chi connectivity index (χ2n) is 5.29. The van der Waals surface area contributed by atoms with Crippen LogP contribution in [0.2, 0.25) is 5.02 Å². The van der Waals surface area contributed by atoms with Gasteiger partial charge in [0.1, 0.15) is 5.02 Å². The monoisotopic (exact) mass is 402 g/mol.